The molecule has 1 amide bonds. The Morgan fingerprint density at radius 2 is 1.79 bits per heavy atom. The van der Waals surface area contributed by atoms with E-state index in [1.807, 2.05) is 23.2 Å². The van der Waals surface area contributed by atoms with Gasteiger partial charge in [-0.2, -0.15) is 0 Å². The van der Waals surface area contributed by atoms with Crippen molar-refractivity contribution >= 4 is 22.8 Å². The fourth-order valence-corrected chi connectivity index (χ4v) is 6.15. The first-order valence-electron chi connectivity index (χ1n) is 13.4. The number of carbonyl (C=O) groups excluding carboxylic acids is 1. The average Bonchev–Trinajstić information content (AvgIpc) is 3.28. The molecule has 4 heterocycles. The molecule has 0 bridgehead atoms. The molecule has 3 aromatic heterocycles. The van der Waals surface area contributed by atoms with Crippen LogP contribution in [0.2, 0.25) is 0 Å². The first kappa shape index (κ1) is 24.9. The van der Waals surface area contributed by atoms with Crippen LogP contribution in [0.4, 0.5) is 5.82 Å². The first-order valence-corrected chi connectivity index (χ1v) is 13.4. The molecule has 0 unspecified atom stereocenters. The number of rotatable bonds is 5. The van der Waals surface area contributed by atoms with Crippen molar-refractivity contribution in [1.29, 1.82) is 0 Å². The molecule has 8 nitrogen and oxygen atoms in total. The predicted octanol–water partition coefficient (Wildman–Crippen LogP) is 5.84. The molecule has 0 radical (unpaired) electrons. The number of allylic oxidation sites excluding steroid dienone is 2. The summed E-state index contributed by atoms with van der Waals surface area (Å²) >= 11 is 0. The lowest BCUT2D eigenvalue weighted by atomic mass is 9.68. The van der Waals surface area contributed by atoms with Gasteiger partial charge in [0.1, 0.15) is 11.6 Å². The number of nitrogen functional groups attached to an aromatic ring is 1. The van der Waals surface area contributed by atoms with Crippen molar-refractivity contribution in [2.24, 2.45) is 5.41 Å². The summed E-state index contributed by atoms with van der Waals surface area (Å²) in [6, 6.07) is 10.0. The van der Waals surface area contributed by atoms with E-state index in [0.29, 0.717) is 17.6 Å². The zero-order valence-corrected chi connectivity index (χ0v) is 22.1. The molecular formula is C31H32N6O2. The number of likely N-dealkylation sites (tertiary alicyclic amines) is 1. The highest BCUT2D eigenvalue weighted by atomic mass is 16.5. The highest BCUT2D eigenvalue weighted by Gasteiger charge is 2.37. The van der Waals surface area contributed by atoms with E-state index in [9.17, 15) is 4.79 Å². The minimum atomic E-state index is 0.0385. The maximum Gasteiger partial charge on any atom is 0.321 e. The number of carbonyl (C=O) groups is 1. The third kappa shape index (κ3) is 4.56. The van der Waals surface area contributed by atoms with Crippen LogP contribution in [0.25, 0.3) is 22.2 Å². The molecule has 0 saturated carbocycles. The van der Waals surface area contributed by atoms with Gasteiger partial charge in [-0.05, 0) is 79.9 Å². The second kappa shape index (κ2) is 10.0. The SMILES string of the molecule is C=CC(=O)N1CCC2(CC=C(c3c(-c4ccc(Oc5ncccn5)cc4)c4c(N)nccn4c3C)CC2)CC1. The van der Waals surface area contributed by atoms with Gasteiger partial charge in [0.15, 0.2) is 0 Å². The average molecular weight is 521 g/mol. The van der Waals surface area contributed by atoms with Crippen molar-refractivity contribution < 1.29 is 9.53 Å². The van der Waals surface area contributed by atoms with Crippen molar-refractivity contribution in [2.45, 2.75) is 39.0 Å². The number of hydrogen-bond donors (Lipinski definition) is 1. The van der Waals surface area contributed by atoms with Gasteiger partial charge in [-0.1, -0.05) is 24.8 Å². The van der Waals surface area contributed by atoms with Crippen molar-refractivity contribution in [3.8, 4) is 22.9 Å². The molecule has 1 aliphatic carbocycles. The number of piperidine rings is 1. The molecular weight excluding hydrogens is 488 g/mol. The van der Waals surface area contributed by atoms with Gasteiger partial charge in [0, 0.05) is 54.7 Å². The molecule has 1 saturated heterocycles. The van der Waals surface area contributed by atoms with E-state index < -0.39 is 0 Å². The van der Waals surface area contributed by atoms with Crippen LogP contribution in [0, 0.1) is 12.3 Å². The van der Waals surface area contributed by atoms with Gasteiger partial charge in [-0.3, -0.25) is 4.79 Å². The smallest absolute Gasteiger partial charge is 0.321 e. The number of nitrogens with zero attached hydrogens (tertiary/aromatic N) is 5. The predicted molar refractivity (Wildman–Crippen MR) is 152 cm³/mol. The highest BCUT2D eigenvalue weighted by Crippen LogP contribution is 2.49. The van der Waals surface area contributed by atoms with Crippen LogP contribution in [-0.2, 0) is 4.79 Å². The van der Waals surface area contributed by atoms with E-state index in [1.165, 1.54) is 17.2 Å². The number of aryl methyl sites for hydroxylation is 1. The van der Waals surface area contributed by atoms with E-state index in [-0.39, 0.29) is 11.3 Å². The summed E-state index contributed by atoms with van der Waals surface area (Å²) in [6.07, 6.45) is 16.1. The van der Waals surface area contributed by atoms with E-state index >= 15 is 0 Å². The van der Waals surface area contributed by atoms with Crippen LogP contribution in [-0.4, -0.2) is 43.2 Å². The number of fused-ring (bicyclic) bond motifs is 1. The number of ether oxygens (including phenoxy) is 1. The van der Waals surface area contributed by atoms with Crippen LogP contribution >= 0.6 is 0 Å². The first-order chi connectivity index (χ1) is 19.0. The Bertz CT molecular complexity index is 1560. The molecule has 39 heavy (non-hydrogen) atoms. The third-order valence-corrected chi connectivity index (χ3v) is 8.35. The lowest BCUT2D eigenvalue weighted by molar-refractivity contribution is -0.128. The standard InChI is InChI=1S/C31H32N6O2/c1-3-25(38)36-18-13-31(14-19-36)11-9-23(10-12-31)26-21(2)37-20-17-33-29(32)28(37)27(26)22-5-7-24(8-6-22)39-30-34-15-4-16-35-30/h3-9,15-17,20H,1,10-14,18-19H2,2H3,(H2,32,33). The summed E-state index contributed by atoms with van der Waals surface area (Å²) in [4.78, 5) is 26.7. The quantitative estimate of drug-likeness (QED) is 0.332. The van der Waals surface area contributed by atoms with Gasteiger partial charge < -0.3 is 19.8 Å². The van der Waals surface area contributed by atoms with Crippen molar-refractivity contribution in [1.82, 2.24) is 24.3 Å². The summed E-state index contributed by atoms with van der Waals surface area (Å²) in [5.41, 5.74) is 13.5. The number of benzene rings is 1. The zero-order chi connectivity index (χ0) is 27.0. The van der Waals surface area contributed by atoms with Gasteiger partial charge >= 0.3 is 6.01 Å². The molecule has 1 fully saturated rings. The van der Waals surface area contributed by atoms with Crippen LogP contribution < -0.4 is 10.5 Å². The van der Waals surface area contributed by atoms with Gasteiger partial charge in [-0.15, -0.1) is 0 Å². The number of aromatic nitrogens is 4. The summed E-state index contributed by atoms with van der Waals surface area (Å²) in [6.45, 7) is 7.41. The lowest BCUT2D eigenvalue weighted by Gasteiger charge is -2.43. The molecule has 8 heteroatoms. The largest absolute Gasteiger partial charge is 0.424 e. The fraction of sp³-hybridized carbons (Fsp3) is 0.290. The second-order valence-electron chi connectivity index (χ2n) is 10.5. The number of anilines is 1. The molecule has 6 rings (SSSR count). The maximum atomic E-state index is 12.1. The van der Waals surface area contributed by atoms with Crippen LogP contribution in [0.15, 0.2) is 73.9 Å². The Balaban J connectivity index is 1.34. The summed E-state index contributed by atoms with van der Waals surface area (Å²) < 4.78 is 7.97. The molecule has 2 N–H and O–H groups in total. The molecule has 1 aliphatic heterocycles. The van der Waals surface area contributed by atoms with Crippen LogP contribution in [0.1, 0.15) is 43.4 Å². The Kier molecular flexibility index (Phi) is 6.38. The normalized spacial score (nSPS) is 16.7. The molecule has 4 aromatic rings. The molecule has 1 spiro atoms. The van der Waals surface area contributed by atoms with E-state index in [2.05, 4.69) is 51.1 Å². The number of nitrogens with two attached hydrogens (primary N) is 1. The monoisotopic (exact) mass is 520 g/mol. The summed E-state index contributed by atoms with van der Waals surface area (Å²) in [5.74, 6) is 1.21. The third-order valence-electron chi connectivity index (χ3n) is 8.35. The number of hydrogen-bond acceptors (Lipinski definition) is 6. The highest BCUT2D eigenvalue weighted by molar-refractivity contribution is 5.97. The van der Waals surface area contributed by atoms with Gasteiger partial charge in [0.2, 0.25) is 5.91 Å². The minimum Gasteiger partial charge on any atom is -0.424 e. The zero-order valence-electron chi connectivity index (χ0n) is 22.1. The Hall–Kier alpha value is -4.46. The lowest BCUT2D eigenvalue weighted by Crippen LogP contribution is -2.43. The minimum absolute atomic E-state index is 0.0385. The number of amides is 1. The van der Waals surface area contributed by atoms with Gasteiger partial charge in [0.05, 0.1) is 5.52 Å². The Labute approximate surface area is 227 Å². The maximum absolute atomic E-state index is 12.1. The van der Waals surface area contributed by atoms with Gasteiger partial charge in [-0.25, -0.2) is 15.0 Å². The van der Waals surface area contributed by atoms with Crippen LogP contribution in [0.5, 0.6) is 11.8 Å². The second-order valence-corrected chi connectivity index (χ2v) is 10.5. The van der Waals surface area contributed by atoms with Crippen molar-refractivity contribution in [3.63, 3.8) is 0 Å². The van der Waals surface area contributed by atoms with Crippen molar-refractivity contribution in [3.05, 3.63) is 85.1 Å². The topological polar surface area (TPSA) is 98.6 Å². The molecule has 0 atom stereocenters. The summed E-state index contributed by atoms with van der Waals surface area (Å²) in [7, 11) is 0. The summed E-state index contributed by atoms with van der Waals surface area (Å²) in [5, 5.41) is 0. The molecule has 1 aromatic carbocycles. The van der Waals surface area contributed by atoms with E-state index in [1.54, 1.807) is 24.7 Å². The Morgan fingerprint density at radius 1 is 1.05 bits per heavy atom. The molecule has 2 aliphatic rings. The van der Waals surface area contributed by atoms with Gasteiger partial charge in [0.25, 0.3) is 0 Å². The van der Waals surface area contributed by atoms with Crippen molar-refractivity contribution in [2.75, 3.05) is 18.8 Å². The molecule has 198 valence electrons. The Morgan fingerprint density at radius 3 is 2.46 bits per heavy atom. The van der Waals surface area contributed by atoms with E-state index in [0.717, 1.165) is 67.5 Å². The van der Waals surface area contributed by atoms with Crippen LogP contribution in [0.3, 0.4) is 0 Å². The fourth-order valence-electron chi connectivity index (χ4n) is 6.15. The van der Waals surface area contributed by atoms with E-state index in [4.69, 9.17) is 10.5 Å².